The predicted octanol–water partition coefficient (Wildman–Crippen LogP) is 6.09. The fourth-order valence-corrected chi connectivity index (χ4v) is 2.48. The van der Waals surface area contributed by atoms with Crippen molar-refractivity contribution < 1.29 is 27.0 Å². The number of halogens is 4. The van der Waals surface area contributed by atoms with Gasteiger partial charge in [-0.1, -0.05) is 30.3 Å². The van der Waals surface area contributed by atoms with Crippen molar-refractivity contribution in [1.29, 1.82) is 0 Å². The lowest BCUT2D eigenvalue weighted by Crippen LogP contribution is -2.02. The first-order valence-corrected chi connectivity index (χ1v) is 8.77. The molecule has 0 aliphatic heterocycles. The van der Waals surface area contributed by atoms with Crippen molar-refractivity contribution in [2.45, 2.75) is 32.8 Å². The molecule has 146 valence electrons. The van der Waals surface area contributed by atoms with Crippen LogP contribution in [0.3, 0.4) is 0 Å². The van der Waals surface area contributed by atoms with Gasteiger partial charge < -0.3 is 9.47 Å². The van der Waals surface area contributed by atoms with Crippen molar-refractivity contribution in [1.82, 2.24) is 0 Å². The number of unbranched alkanes of at least 4 members (excludes halogenated alkanes) is 1. The molecule has 0 saturated heterocycles. The smallest absolute Gasteiger partial charge is 0.204 e. The fraction of sp³-hybridized carbons (Fsp3) is 0.333. The molecule has 0 aliphatic carbocycles. The summed E-state index contributed by atoms with van der Waals surface area (Å²) in [6.07, 6.45) is 3.17. The number of rotatable bonds is 10. The summed E-state index contributed by atoms with van der Waals surface area (Å²) in [7, 11) is 0. The maximum Gasteiger partial charge on any atom is 0.204 e. The van der Waals surface area contributed by atoms with Crippen LogP contribution in [-0.4, -0.2) is 13.3 Å². The minimum Gasteiger partial charge on any atom is -0.491 e. The van der Waals surface area contributed by atoms with Gasteiger partial charge in [-0.15, -0.1) is 0 Å². The van der Waals surface area contributed by atoms with Crippen molar-refractivity contribution >= 4 is 0 Å². The molecule has 0 aromatic heterocycles. The molecule has 0 amide bonds. The van der Waals surface area contributed by atoms with Crippen LogP contribution in [0.4, 0.5) is 17.6 Å². The third-order valence-electron chi connectivity index (χ3n) is 3.89. The summed E-state index contributed by atoms with van der Waals surface area (Å²) in [4.78, 5) is 0. The summed E-state index contributed by atoms with van der Waals surface area (Å²) in [6, 6.07) is 10.1. The van der Waals surface area contributed by atoms with Crippen molar-refractivity contribution in [2.75, 3.05) is 13.3 Å². The number of ether oxygens (including phenoxy) is 2. The van der Waals surface area contributed by atoms with Crippen LogP contribution in [0, 0.1) is 11.6 Å². The molecule has 0 fully saturated rings. The molecule has 0 bridgehead atoms. The van der Waals surface area contributed by atoms with E-state index in [1.165, 1.54) is 18.2 Å². The van der Waals surface area contributed by atoms with Crippen molar-refractivity contribution in [3.8, 4) is 11.5 Å². The molecule has 0 heterocycles. The molecular formula is C21H22F4O2. The maximum atomic E-state index is 14.0. The summed E-state index contributed by atoms with van der Waals surface area (Å²) >= 11 is 0. The largest absolute Gasteiger partial charge is 0.491 e. The second-order valence-electron chi connectivity index (χ2n) is 5.90. The molecule has 0 aliphatic rings. The molecule has 6 heteroatoms. The van der Waals surface area contributed by atoms with Gasteiger partial charge in [0.1, 0.15) is 19.1 Å². The summed E-state index contributed by atoms with van der Waals surface area (Å²) in [6.45, 7) is 0.955. The van der Waals surface area contributed by atoms with Crippen LogP contribution in [0.1, 0.15) is 30.9 Å². The highest BCUT2D eigenvalue weighted by molar-refractivity contribution is 5.35. The molecule has 0 saturated carbocycles. The lowest BCUT2D eigenvalue weighted by atomic mass is 10.1. The number of aryl methyl sites for hydroxylation is 1. The number of benzene rings is 2. The van der Waals surface area contributed by atoms with E-state index in [4.69, 9.17) is 9.47 Å². The van der Waals surface area contributed by atoms with Gasteiger partial charge in [0.25, 0.3) is 0 Å². The molecule has 2 nitrogen and oxygen atoms in total. The minimum absolute atomic E-state index is 0.0923. The van der Waals surface area contributed by atoms with Crippen LogP contribution in [0.2, 0.25) is 0 Å². The Hall–Kier alpha value is -2.50. The van der Waals surface area contributed by atoms with E-state index < -0.39 is 24.1 Å². The first-order chi connectivity index (χ1) is 13.0. The fourth-order valence-electron chi connectivity index (χ4n) is 2.48. The Morgan fingerprint density at radius 3 is 2.11 bits per heavy atom. The highest BCUT2D eigenvalue weighted by atomic mass is 19.2. The zero-order valence-corrected chi connectivity index (χ0v) is 15.1. The van der Waals surface area contributed by atoms with E-state index in [1.54, 1.807) is 6.92 Å². The van der Waals surface area contributed by atoms with Crippen LogP contribution >= 0.6 is 0 Å². The van der Waals surface area contributed by atoms with Gasteiger partial charge in [0.15, 0.2) is 11.5 Å². The van der Waals surface area contributed by atoms with E-state index >= 15 is 0 Å². The monoisotopic (exact) mass is 382 g/mol. The van der Waals surface area contributed by atoms with E-state index in [1.807, 2.05) is 24.3 Å². The van der Waals surface area contributed by atoms with E-state index in [2.05, 4.69) is 0 Å². The Bertz CT molecular complexity index is 758. The zero-order chi connectivity index (χ0) is 19.6. The number of hydrogen-bond acceptors (Lipinski definition) is 2. The normalized spacial score (nSPS) is 11.5. The molecule has 2 aromatic rings. The van der Waals surface area contributed by atoms with Gasteiger partial charge in [-0.3, -0.25) is 0 Å². The van der Waals surface area contributed by atoms with Gasteiger partial charge in [-0.05, 0) is 49.4 Å². The van der Waals surface area contributed by atoms with Gasteiger partial charge in [0, 0.05) is 0 Å². The van der Waals surface area contributed by atoms with Gasteiger partial charge in [0.05, 0.1) is 6.61 Å². The van der Waals surface area contributed by atoms with E-state index in [0.29, 0.717) is 12.8 Å². The molecule has 27 heavy (non-hydrogen) atoms. The third-order valence-corrected chi connectivity index (χ3v) is 3.89. The Morgan fingerprint density at radius 1 is 0.926 bits per heavy atom. The molecule has 2 aromatic carbocycles. The minimum atomic E-state index is -1.08. The van der Waals surface area contributed by atoms with Crippen LogP contribution in [0.15, 0.2) is 48.3 Å². The van der Waals surface area contributed by atoms with Crippen LogP contribution in [0.5, 0.6) is 11.5 Å². The van der Waals surface area contributed by atoms with E-state index in [0.717, 1.165) is 17.5 Å². The summed E-state index contributed by atoms with van der Waals surface area (Å²) in [5.41, 5.74) is 1.85. The predicted molar refractivity (Wildman–Crippen MR) is 96.4 cm³/mol. The molecule has 2 rings (SSSR count). The molecule has 0 atom stereocenters. The zero-order valence-electron chi connectivity index (χ0n) is 15.1. The van der Waals surface area contributed by atoms with Gasteiger partial charge in [-0.25, -0.2) is 8.78 Å². The van der Waals surface area contributed by atoms with Crippen molar-refractivity contribution in [3.05, 3.63) is 71.1 Å². The average Bonchev–Trinajstić information content (AvgIpc) is 2.69. The quantitative estimate of drug-likeness (QED) is 0.366. The summed E-state index contributed by atoms with van der Waals surface area (Å²) in [5.74, 6) is -3.20. The first-order valence-electron chi connectivity index (χ1n) is 8.77. The number of alkyl halides is 1. The Labute approximate surface area is 156 Å². The number of allylic oxidation sites excluding steroid dienone is 2. The van der Waals surface area contributed by atoms with Gasteiger partial charge >= 0.3 is 0 Å². The molecule has 0 unspecified atom stereocenters. The average molecular weight is 382 g/mol. The summed E-state index contributed by atoms with van der Waals surface area (Å²) in [5, 5.41) is 0. The SMILES string of the molecule is CCOc1ccc(OCc2ccc(CCC/C=C(\F)CF)cc2)c(F)c1F. The number of hydrogen-bond donors (Lipinski definition) is 0. The Balaban J connectivity index is 1.87. The maximum absolute atomic E-state index is 14.0. The highest BCUT2D eigenvalue weighted by Gasteiger charge is 2.15. The van der Waals surface area contributed by atoms with Crippen LogP contribution < -0.4 is 9.47 Å². The Kier molecular flexibility index (Phi) is 8.17. The van der Waals surface area contributed by atoms with Crippen molar-refractivity contribution in [2.24, 2.45) is 0 Å². The first kappa shape index (κ1) is 20.8. The standard InChI is InChI=1S/C21H22F4O2/c1-2-26-18-11-12-19(21(25)20(18)24)27-14-16-9-7-15(8-10-16)5-3-4-6-17(23)13-22/h6-12H,2-5,13-14H2,1H3/b17-6-. The topological polar surface area (TPSA) is 18.5 Å². The molecule has 0 N–H and O–H groups in total. The van der Waals surface area contributed by atoms with Gasteiger partial charge in [0.2, 0.25) is 11.6 Å². The third kappa shape index (κ3) is 6.31. The summed E-state index contributed by atoms with van der Waals surface area (Å²) < 4.78 is 62.8. The second kappa shape index (κ2) is 10.6. The van der Waals surface area contributed by atoms with Crippen LogP contribution in [-0.2, 0) is 13.0 Å². The lowest BCUT2D eigenvalue weighted by Gasteiger charge is -2.11. The molecular weight excluding hydrogens is 360 g/mol. The second-order valence-corrected chi connectivity index (χ2v) is 5.90. The highest BCUT2D eigenvalue weighted by Crippen LogP contribution is 2.28. The van der Waals surface area contributed by atoms with Crippen LogP contribution in [0.25, 0.3) is 0 Å². The lowest BCUT2D eigenvalue weighted by molar-refractivity contribution is 0.274. The van der Waals surface area contributed by atoms with Crippen molar-refractivity contribution in [3.63, 3.8) is 0 Å². The Morgan fingerprint density at radius 2 is 1.52 bits per heavy atom. The van der Waals surface area contributed by atoms with E-state index in [9.17, 15) is 17.6 Å². The van der Waals surface area contributed by atoms with E-state index in [-0.39, 0.29) is 24.7 Å². The molecule has 0 radical (unpaired) electrons. The van der Waals surface area contributed by atoms with Gasteiger partial charge in [-0.2, -0.15) is 8.78 Å². The molecule has 0 spiro atoms.